The number of esters is 1. The van der Waals surface area contributed by atoms with Gasteiger partial charge in [-0.15, -0.1) is 6.58 Å². The number of hydrogen-bond acceptors (Lipinski definition) is 3. The van der Waals surface area contributed by atoms with Gasteiger partial charge >= 0.3 is 5.97 Å². The zero-order chi connectivity index (χ0) is 32.5. The molecule has 0 N–H and O–H groups in total. The van der Waals surface area contributed by atoms with Crippen molar-refractivity contribution in [3.63, 3.8) is 0 Å². The van der Waals surface area contributed by atoms with E-state index in [2.05, 4.69) is 107 Å². The molecular weight excluding hydrogens is 569 g/mol. The topological polar surface area (TPSA) is 35.5 Å². The Morgan fingerprint density at radius 2 is 1.24 bits per heavy atom. The SMILES string of the molecule is C=C(C[C@H](O[C@@H](C)c1ccccc1)[C@H](C)/C(=C/C)OC(=O)c1ccccc1)C[Si](c1ccccc1)(c1ccccc1)C(C)(C)C. The number of hydrogen-bond donors (Lipinski definition) is 0. The molecule has 0 radical (unpaired) electrons. The molecule has 0 amide bonds. The van der Waals surface area contributed by atoms with Crippen molar-refractivity contribution in [2.24, 2.45) is 5.92 Å². The minimum Gasteiger partial charge on any atom is -0.427 e. The molecule has 0 aliphatic heterocycles. The van der Waals surface area contributed by atoms with Gasteiger partial charge in [0.2, 0.25) is 0 Å². The molecule has 3 atom stereocenters. The number of benzene rings is 4. The summed E-state index contributed by atoms with van der Waals surface area (Å²) in [6.07, 6.45) is 2.12. The zero-order valence-electron chi connectivity index (χ0n) is 27.7. The summed E-state index contributed by atoms with van der Waals surface area (Å²) < 4.78 is 12.9. The number of rotatable bonds is 13. The summed E-state index contributed by atoms with van der Waals surface area (Å²) in [5.41, 5.74) is 2.78. The molecule has 0 saturated carbocycles. The van der Waals surface area contributed by atoms with Gasteiger partial charge in [0.05, 0.1) is 17.8 Å². The van der Waals surface area contributed by atoms with E-state index in [9.17, 15) is 4.79 Å². The third-order valence-corrected chi connectivity index (χ3v) is 15.2. The smallest absolute Gasteiger partial charge is 0.343 e. The van der Waals surface area contributed by atoms with E-state index in [1.54, 1.807) is 12.1 Å². The molecule has 234 valence electrons. The van der Waals surface area contributed by atoms with Crippen molar-refractivity contribution < 1.29 is 14.3 Å². The van der Waals surface area contributed by atoms with Crippen LogP contribution in [0.5, 0.6) is 0 Å². The van der Waals surface area contributed by atoms with Crippen molar-refractivity contribution >= 4 is 24.4 Å². The summed E-state index contributed by atoms with van der Waals surface area (Å²) in [6, 6.07) is 42.3. The van der Waals surface area contributed by atoms with Crippen LogP contribution >= 0.6 is 0 Å². The van der Waals surface area contributed by atoms with Gasteiger partial charge in [-0.3, -0.25) is 0 Å². The Balaban J connectivity index is 1.68. The lowest BCUT2D eigenvalue weighted by molar-refractivity contribution is -0.0334. The highest BCUT2D eigenvalue weighted by molar-refractivity contribution is 7.04. The van der Waals surface area contributed by atoms with E-state index in [0.29, 0.717) is 17.7 Å². The van der Waals surface area contributed by atoms with Gasteiger partial charge in [0.1, 0.15) is 13.8 Å². The molecule has 0 fully saturated rings. The fraction of sp³-hybridized carbons (Fsp3) is 0.293. The molecular formula is C41H48O3Si. The van der Waals surface area contributed by atoms with Gasteiger partial charge in [-0.25, -0.2) is 4.79 Å². The first-order valence-corrected chi connectivity index (χ1v) is 18.2. The summed E-state index contributed by atoms with van der Waals surface area (Å²) in [6.45, 7) is 18.0. The summed E-state index contributed by atoms with van der Waals surface area (Å²) >= 11 is 0. The second-order valence-corrected chi connectivity index (χ2v) is 17.8. The van der Waals surface area contributed by atoms with Crippen LogP contribution in [0.1, 0.15) is 70.0 Å². The van der Waals surface area contributed by atoms with Crippen LogP contribution in [0.3, 0.4) is 0 Å². The predicted molar refractivity (Wildman–Crippen MR) is 191 cm³/mol. The Labute approximate surface area is 271 Å². The highest BCUT2D eigenvalue weighted by Crippen LogP contribution is 2.41. The summed E-state index contributed by atoms with van der Waals surface area (Å²) in [5.74, 6) is 0.0497. The van der Waals surface area contributed by atoms with E-state index < -0.39 is 8.07 Å². The molecule has 4 rings (SSSR count). The molecule has 0 bridgehead atoms. The quantitative estimate of drug-likeness (QED) is 0.0650. The molecule has 45 heavy (non-hydrogen) atoms. The van der Waals surface area contributed by atoms with Crippen molar-refractivity contribution in [1.29, 1.82) is 0 Å². The summed E-state index contributed by atoms with van der Waals surface area (Å²) in [7, 11) is -2.38. The van der Waals surface area contributed by atoms with Crippen molar-refractivity contribution in [2.45, 2.75) is 71.3 Å². The van der Waals surface area contributed by atoms with Crippen molar-refractivity contribution in [2.75, 3.05) is 0 Å². The molecule has 4 heteroatoms. The van der Waals surface area contributed by atoms with Gasteiger partial charge in [0.25, 0.3) is 0 Å². The van der Waals surface area contributed by atoms with E-state index in [1.165, 1.54) is 10.4 Å². The van der Waals surface area contributed by atoms with Gasteiger partial charge in [0, 0.05) is 5.92 Å². The van der Waals surface area contributed by atoms with E-state index in [4.69, 9.17) is 16.1 Å². The van der Waals surface area contributed by atoms with Crippen molar-refractivity contribution in [1.82, 2.24) is 0 Å². The first-order chi connectivity index (χ1) is 21.6. The van der Waals surface area contributed by atoms with Crippen LogP contribution < -0.4 is 10.4 Å². The normalized spacial score (nSPS) is 14.3. The predicted octanol–water partition coefficient (Wildman–Crippen LogP) is 9.54. The second-order valence-electron chi connectivity index (χ2n) is 13.0. The fourth-order valence-electron chi connectivity index (χ4n) is 6.42. The largest absolute Gasteiger partial charge is 0.427 e. The lowest BCUT2D eigenvalue weighted by Gasteiger charge is -2.45. The Kier molecular flexibility index (Phi) is 11.5. The van der Waals surface area contributed by atoms with E-state index >= 15 is 0 Å². The highest BCUT2D eigenvalue weighted by Gasteiger charge is 2.47. The maximum atomic E-state index is 13.1. The second kappa shape index (κ2) is 15.3. The molecule has 0 aliphatic rings. The number of ether oxygens (including phenoxy) is 2. The highest BCUT2D eigenvalue weighted by atomic mass is 28.3. The summed E-state index contributed by atoms with van der Waals surface area (Å²) in [5, 5.41) is 2.82. The fourth-order valence-corrected chi connectivity index (χ4v) is 11.8. The van der Waals surface area contributed by atoms with Crippen LogP contribution in [0, 0.1) is 5.92 Å². The molecule has 0 saturated heterocycles. The van der Waals surface area contributed by atoms with Crippen LogP contribution in [0.15, 0.2) is 145 Å². The van der Waals surface area contributed by atoms with Gasteiger partial charge in [-0.05, 0) is 55.1 Å². The molecule has 0 aromatic heterocycles. The van der Waals surface area contributed by atoms with Gasteiger partial charge in [-0.1, -0.05) is 153 Å². The van der Waals surface area contributed by atoms with Crippen LogP contribution in [-0.2, 0) is 9.47 Å². The Bertz CT molecular complexity index is 1500. The molecule has 0 spiro atoms. The van der Waals surface area contributed by atoms with Crippen LogP contribution in [0.2, 0.25) is 11.1 Å². The first kappa shape index (κ1) is 33.9. The lowest BCUT2D eigenvalue weighted by Crippen LogP contribution is -2.64. The molecule has 4 aromatic rings. The average molecular weight is 617 g/mol. The third-order valence-electron chi connectivity index (χ3n) is 8.98. The monoisotopic (exact) mass is 616 g/mol. The minimum absolute atomic E-state index is 0.0115. The number of carbonyl (C=O) groups excluding carboxylic acids is 1. The van der Waals surface area contributed by atoms with Crippen molar-refractivity contribution in [3.05, 3.63) is 156 Å². The van der Waals surface area contributed by atoms with Crippen LogP contribution in [-0.4, -0.2) is 20.1 Å². The summed E-state index contributed by atoms with van der Waals surface area (Å²) in [4.78, 5) is 13.1. The van der Waals surface area contributed by atoms with Crippen LogP contribution in [0.25, 0.3) is 0 Å². The van der Waals surface area contributed by atoms with Gasteiger partial charge in [0.15, 0.2) is 0 Å². The minimum atomic E-state index is -2.38. The number of carbonyl (C=O) groups is 1. The van der Waals surface area contributed by atoms with Crippen LogP contribution in [0.4, 0.5) is 0 Å². The lowest BCUT2D eigenvalue weighted by atomic mass is 9.95. The molecule has 0 unspecified atom stereocenters. The first-order valence-electron chi connectivity index (χ1n) is 16.0. The molecule has 4 aromatic carbocycles. The maximum absolute atomic E-state index is 13.1. The third kappa shape index (κ3) is 8.19. The average Bonchev–Trinajstić information content (AvgIpc) is 3.06. The standard InChI is InChI=1S/C41H48O3Si/c1-8-38(44-40(42)35-23-15-10-16-24-35)32(3)39(43-33(4)34-21-13-9-14-22-34)29-31(2)30-45(41(5,6)7,36-25-17-11-18-26-36)37-27-19-12-20-28-37/h8-28,32-33,39H,2,29-30H2,1,3-7H3/b38-8-/t32-,33+,39+/m1/s1. The van der Waals surface area contributed by atoms with Crippen molar-refractivity contribution in [3.8, 4) is 0 Å². The molecule has 3 nitrogen and oxygen atoms in total. The maximum Gasteiger partial charge on any atom is 0.343 e. The van der Waals surface area contributed by atoms with Gasteiger partial charge < -0.3 is 9.47 Å². The van der Waals surface area contributed by atoms with E-state index in [1.807, 2.05) is 49.4 Å². The molecule has 0 heterocycles. The Hall–Kier alpha value is -3.99. The zero-order valence-corrected chi connectivity index (χ0v) is 28.7. The Morgan fingerprint density at radius 3 is 1.71 bits per heavy atom. The molecule has 0 aliphatic carbocycles. The number of allylic oxidation sites excluding steroid dienone is 1. The van der Waals surface area contributed by atoms with Gasteiger partial charge in [-0.2, -0.15) is 0 Å². The Morgan fingerprint density at radius 1 is 0.778 bits per heavy atom. The van der Waals surface area contributed by atoms with E-state index in [-0.39, 0.29) is 29.1 Å². The van der Waals surface area contributed by atoms with E-state index in [0.717, 1.165) is 17.2 Å².